The van der Waals surface area contributed by atoms with Crippen LogP contribution in [0.4, 0.5) is 5.69 Å². The van der Waals surface area contributed by atoms with Crippen LogP contribution in [0, 0.1) is 0 Å². The van der Waals surface area contributed by atoms with Gasteiger partial charge in [-0.15, -0.1) is 0 Å². The van der Waals surface area contributed by atoms with E-state index in [1.54, 1.807) is 17.4 Å². The average molecular weight is 578 g/mol. The van der Waals surface area contributed by atoms with E-state index < -0.39 is 0 Å². The monoisotopic (exact) mass is 577 g/mol. The van der Waals surface area contributed by atoms with Crippen molar-refractivity contribution in [2.45, 2.75) is 19.5 Å². The number of aromatic hydroxyl groups is 1. The van der Waals surface area contributed by atoms with Crippen LogP contribution >= 0.6 is 11.3 Å². The van der Waals surface area contributed by atoms with E-state index in [0.29, 0.717) is 16.8 Å². The second-order valence-corrected chi connectivity index (χ2v) is 11.7. The van der Waals surface area contributed by atoms with Gasteiger partial charge in [0.25, 0.3) is 5.91 Å². The van der Waals surface area contributed by atoms with Gasteiger partial charge in [0.15, 0.2) is 5.88 Å². The third-order valence-electron chi connectivity index (χ3n) is 7.87. The maximum Gasteiger partial charge on any atom is 0.251 e. The quantitative estimate of drug-likeness (QED) is 0.188. The first-order valence-corrected chi connectivity index (χ1v) is 15.2. The van der Waals surface area contributed by atoms with Crippen LogP contribution in [0.15, 0.2) is 94.6 Å². The molecule has 3 heterocycles. The Kier molecular flexibility index (Phi) is 8.19. The highest BCUT2D eigenvalue weighted by Gasteiger charge is 2.21. The Morgan fingerprint density at radius 1 is 1.00 bits per heavy atom. The summed E-state index contributed by atoms with van der Waals surface area (Å²) in [4.78, 5) is 26.3. The SMILES string of the molecule is C[C@@H](NC(=O)c1ccc2[nH]c(O)c(C(=Nc3cccc(CN4CCN(C)CC4)c3)c3ccsc3)c2c1)c1ccccc1. The van der Waals surface area contributed by atoms with E-state index in [1.165, 1.54) is 5.56 Å². The molecule has 0 saturated carbocycles. The van der Waals surface area contributed by atoms with Crippen molar-refractivity contribution >= 4 is 39.5 Å². The molecule has 0 aliphatic carbocycles. The Balaban J connectivity index is 1.34. The van der Waals surface area contributed by atoms with Crippen molar-refractivity contribution in [1.82, 2.24) is 20.1 Å². The summed E-state index contributed by atoms with van der Waals surface area (Å²) in [6.45, 7) is 7.10. The van der Waals surface area contributed by atoms with Gasteiger partial charge < -0.3 is 20.3 Å². The number of aromatic amines is 1. The maximum atomic E-state index is 13.3. The molecule has 1 amide bonds. The molecular formula is C34H35N5O2S. The fourth-order valence-electron chi connectivity index (χ4n) is 5.45. The number of hydrogen-bond donors (Lipinski definition) is 3. The third kappa shape index (κ3) is 6.16. The molecular weight excluding hydrogens is 542 g/mol. The van der Waals surface area contributed by atoms with Crippen LogP contribution in [0.5, 0.6) is 5.88 Å². The summed E-state index contributed by atoms with van der Waals surface area (Å²) >= 11 is 1.58. The lowest BCUT2D eigenvalue weighted by Crippen LogP contribution is -2.43. The van der Waals surface area contributed by atoms with E-state index in [1.807, 2.05) is 78.3 Å². The highest BCUT2D eigenvalue weighted by Crippen LogP contribution is 2.33. The maximum absolute atomic E-state index is 13.3. The minimum absolute atomic E-state index is 0.0266. The van der Waals surface area contributed by atoms with Crippen molar-refractivity contribution in [3.8, 4) is 5.88 Å². The van der Waals surface area contributed by atoms with Crippen LogP contribution in [0.25, 0.3) is 10.9 Å². The van der Waals surface area contributed by atoms with Gasteiger partial charge in [0.05, 0.1) is 23.0 Å². The molecule has 1 aliphatic heterocycles. The summed E-state index contributed by atoms with van der Waals surface area (Å²) in [6, 6.07) is 25.5. The predicted molar refractivity (Wildman–Crippen MR) is 171 cm³/mol. The van der Waals surface area contributed by atoms with Crippen molar-refractivity contribution in [1.29, 1.82) is 0 Å². The topological polar surface area (TPSA) is 84.0 Å². The fourth-order valence-corrected chi connectivity index (χ4v) is 6.09. The van der Waals surface area contributed by atoms with Gasteiger partial charge in [0.1, 0.15) is 0 Å². The summed E-state index contributed by atoms with van der Waals surface area (Å²) in [5.74, 6) is -0.149. The molecule has 0 radical (unpaired) electrons. The Morgan fingerprint density at radius 2 is 1.81 bits per heavy atom. The first-order chi connectivity index (χ1) is 20.4. The number of piperazine rings is 1. The number of aromatic nitrogens is 1. The van der Waals surface area contributed by atoms with Crippen LogP contribution in [-0.2, 0) is 6.54 Å². The number of carbonyl (C=O) groups is 1. The minimum Gasteiger partial charge on any atom is -0.494 e. The lowest BCUT2D eigenvalue weighted by Gasteiger charge is -2.32. The van der Waals surface area contributed by atoms with Crippen molar-refractivity contribution in [2.24, 2.45) is 4.99 Å². The van der Waals surface area contributed by atoms with Gasteiger partial charge in [0.2, 0.25) is 0 Å². The van der Waals surface area contributed by atoms with Gasteiger partial charge in [0, 0.05) is 60.1 Å². The predicted octanol–water partition coefficient (Wildman–Crippen LogP) is 6.34. The zero-order valence-corrected chi connectivity index (χ0v) is 24.7. The molecule has 6 rings (SSSR count). The standard InChI is InChI=1S/C34H35N5O2S/c1-23(25-8-4-3-5-9-25)35-33(40)26-11-12-30-29(20-26)31(34(41)37-30)32(27-13-18-42-22-27)36-28-10-6-7-24(19-28)21-39-16-14-38(2)15-17-39/h3-13,18-20,22-23,37,41H,14-17,21H2,1-2H3,(H,35,40)/t23-/m1/s1. The van der Waals surface area contributed by atoms with Crippen molar-refractivity contribution in [2.75, 3.05) is 33.2 Å². The Morgan fingerprint density at radius 3 is 2.57 bits per heavy atom. The van der Waals surface area contributed by atoms with Gasteiger partial charge in [-0.3, -0.25) is 9.69 Å². The van der Waals surface area contributed by atoms with E-state index in [-0.39, 0.29) is 17.8 Å². The molecule has 5 aromatic rings. The molecule has 214 valence electrons. The molecule has 7 nitrogen and oxygen atoms in total. The second-order valence-electron chi connectivity index (χ2n) is 10.9. The van der Waals surface area contributed by atoms with E-state index >= 15 is 0 Å². The van der Waals surface area contributed by atoms with Gasteiger partial charge in [-0.05, 0) is 66.9 Å². The Labute approximate surface area is 250 Å². The summed E-state index contributed by atoms with van der Waals surface area (Å²) in [5, 5.41) is 19.0. The number of hydrogen-bond acceptors (Lipinski definition) is 6. The number of H-pyrrole nitrogens is 1. The molecule has 1 fully saturated rings. The number of benzene rings is 3. The van der Waals surface area contributed by atoms with Crippen molar-refractivity contribution in [3.63, 3.8) is 0 Å². The second kappa shape index (κ2) is 12.3. The zero-order chi connectivity index (χ0) is 29.1. The molecule has 2 aromatic heterocycles. The number of likely N-dealkylation sites (N-methyl/N-ethyl adjacent to an activating group) is 1. The number of nitrogens with one attached hydrogen (secondary N) is 2. The van der Waals surface area contributed by atoms with E-state index in [9.17, 15) is 9.90 Å². The highest BCUT2D eigenvalue weighted by atomic mass is 32.1. The zero-order valence-electron chi connectivity index (χ0n) is 23.9. The van der Waals surface area contributed by atoms with Crippen LogP contribution in [0.3, 0.4) is 0 Å². The molecule has 1 aliphatic rings. The van der Waals surface area contributed by atoms with Crippen molar-refractivity contribution < 1.29 is 9.90 Å². The summed E-state index contributed by atoms with van der Waals surface area (Å²) in [6.07, 6.45) is 0. The average Bonchev–Trinajstić information content (AvgIpc) is 3.65. The van der Waals surface area contributed by atoms with Gasteiger partial charge in [-0.2, -0.15) is 11.3 Å². The number of rotatable bonds is 8. The van der Waals surface area contributed by atoms with Crippen LogP contribution in [-0.4, -0.2) is 64.7 Å². The van der Waals surface area contributed by atoms with Crippen molar-refractivity contribution in [3.05, 3.63) is 117 Å². The molecule has 3 N–H and O–H groups in total. The molecule has 8 heteroatoms. The van der Waals surface area contributed by atoms with Crippen LogP contribution in [0.1, 0.15) is 45.6 Å². The van der Waals surface area contributed by atoms with Gasteiger partial charge in [-0.25, -0.2) is 4.99 Å². The number of nitrogens with zero attached hydrogens (tertiary/aromatic N) is 3. The van der Waals surface area contributed by atoms with E-state index in [2.05, 4.69) is 39.3 Å². The minimum atomic E-state index is -0.175. The third-order valence-corrected chi connectivity index (χ3v) is 8.56. The first kappa shape index (κ1) is 27.9. The molecule has 0 bridgehead atoms. The largest absolute Gasteiger partial charge is 0.494 e. The molecule has 42 heavy (non-hydrogen) atoms. The molecule has 0 spiro atoms. The lowest BCUT2D eigenvalue weighted by molar-refractivity contribution is 0.0940. The van der Waals surface area contributed by atoms with Crippen LogP contribution in [0.2, 0.25) is 0 Å². The molecule has 0 unspecified atom stereocenters. The molecule has 1 atom stereocenters. The number of thiophene rings is 1. The smallest absolute Gasteiger partial charge is 0.251 e. The number of amides is 1. The fraction of sp³-hybridized carbons (Fsp3) is 0.235. The normalized spacial score (nSPS) is 15.6. The van der Waals surface area contributed by atoms with Gasteiger partial charge in [-0.1, -0.05) is 42.5 Å². The van der Waals surface area contributed by atoms with E-state index in [4.69, 9.17) is 4.99 Å². The van der Waals surface area contributed by atoms with Crippen LogP contribution < -0.4 is 5.32 Å². The molecule has 3 aromatic carbocycles. The van der Waals surface area contributed by atoms with E-state index in [0.717, 1.165) is 60.4 Å². The van der Waals surface area contributed by atoms with Gasteiger partial charge >= 0.3 is 0 Å². The lowest BCUT2D eigenvalue weighted by atomic mass is 10.0. The Bertz CT molecular complexity index is 1700. The number of aliphatic imine (C=N–C) groups is 1. The molecule has 1 saturated heterocycles. The summed E-state index contributed by atoms with van der Waals surface area (Å²) in [7, 11) is 2.17. The Hall–Kier alpha value is -4.24. The number of carbonyl (C=O) groups excluding carboxylic acids is 1. The summed E-state index contributed by atoms with van der Waals surface area (Å²) < 4.78 is 0. The summed E-state index contributed by atoms with van der Waals surface area (Å²) in [5.41, 5.74) is 6.47. The highest BCUT2D eigenvalue weighted by molar-refractivity contribution is 7.08. The number of fused-ring (bicyclic) bond motifs is 1. The first-order valence-electron chi connectivity index (χ1n) is 14.3.